The fraction of sp³-hybridized carbons (Fsp3) is 0.500. The number of rotatable bonds is 4. The topological polar surface area (TPSA) is 64.3 Å². The third-order valence-corrected chi connectivity index (χ3v) is 3.23. The fourth-order valence-electron chi connectivity index (χ4n) is 2.17. The van der Waals surface area contributed by atoms with Crippen LogP contribution in [-0.2, 0) is 9.53 Å². The highest BCUT2D eigenvalue weighted by molar-refractivity contribution is 5.91. The number of anilines is 2. The molecule has 4 nitrogen and oxygen atoms in total. The summed E-state index contributed by atoms with van der Waals surface area (Å²) in [5.74, 6) is -0.708. The first-order valence-corrected chi connectivity index (χ1v) is 6.61. The van der Waals surface area contributed by atoms with Gasteiger partial charge in [-0.2, -0.15) is 0 Å². The molecule has 0 radical (unpaired) electrons. The van der Waals surface area contributed by atoms with Gasteiger partial charge in [-0.15, -0.1) is 0 Å². The van der Waals surface area contributed by atoms with E-state index in [9.17, 15) is 9.18 Å². The summed E-state index contributed by atoms with van der Waals surface area (Å²) < 4.78 is 19.0. The Kier molecular flexibility index (Phi) is 4.74. The molecule has 2 rings (SSSR count). The van der Waals surface area contributed by atoms with Gasteiger partial charge >= 0.3 is 0 Å². The normalized spacial score (nSPS) is 19.1. The molecule has 1 amide bonds. The van der Waals surface area contributed by atoms with E-state index in [0.717, 1.165) is 25.9 Å². The smallest absolute Gasteiger partial charge is 0.224 e. The lowest BCUT2D eigenvalue weighted by molar-refractivity contribution is -0.117. The summed E-state index contributed by atoms with van der Waals surface area (Å²) in [7, 11) is 0. The molecule has 0 aliphatic carbocycles. The SMILES string of the molecule is Nc1ccc(NC(=O)CCC2CCCCO2)c(F)c1. The van der Waals surface area contributed by atoms with Crippen molar-refractivity contribution in [2.75, 3.05) is 17.7 Å². The van der Waals surface area contributed by atoms with Crippen molar-refractivity contribution in [1.29, 1.82) is 0 Å². The summed E-state index contributed by atoms with van der Waals surface area (Å²) in [6, 6.07) is 4.22. The molecular formula is C14H19FN2O2. The van der Waals surface area contributed by atoms with Gasteiger partial charge < -0.3 is 15.8 Å². The summed E-state index contributed by atoms with van der Waals surface area (Å²) in [6.07, 6.45) is 4.44. The average molecular weight is 266 g/mol. The van der Waals surface area contributed by atoms with E-state index in [1.54, 1.807) is 6.07 Å². The Bertz CT molecular complexity index is 445. The molecule has 0 bridgehead atoms. The van der Waals surface area contributed by atoms with Crippen LogP contribution in [0, 0.1) is 5.82 Å². The quantitative estimate of drug-likeness (QED) is 0.823. The van der Waals surface area contributed by atoms with E-state index in [1.807, 2.05) is 0 Å². The van der Waals surface area contributed by atoms with Crippen LogP contribution < -0.4 is 11.1 Å². The highest BCUT2D eigenvalue weighted by Crippen LogP contribution is 2.19. The lowest BCUT2D eigenvalue weighted by atomic mass is 10.0. The number of nitrogens with one attached hydrogen (secondary N) is 1. The van der Waals surface area contributed by atoms with Gasteiger partial charge in [0, 0.05) is 18.7 Å². The van der Waals surface area contributed by atoms with Gasteiger partial charge in [0.15, 0.2) is 0 Å². The van der Waals surface area contributed by atoms with Crippen LogP contribution >= 0.6 is 0 Å². The lowest BCUT2D eigenvalue weighted by Crippen LogP contribution is -2.22. The molecule has 1 aliphatic heterocycles. The molecule has 19 heavy (non-hydrogen) atoms. The second kappa shape index (κ2) is 6.52. The van der Waals surface area contributed by atoms with Gasteiger partial charge in [-0.1, -0.05) is 0 Å². The number of benzene rings is 1. The van der Waals surface area contributed by atoms with Crippen molar-refractivity contribution in [1.82, 2.24) is 0 Å². The Morgan fingerprint density at radius 1 is 1.47 bits per heavy atom. The molecule has 1 saturated heterocycles. The second-order valence-corrected chi connectivity index (χ2v) is 4.81. The Labute approximate surface area is 112 Å². The summed E-state index contributed by atoms with van der Waals surface area (Å²) >= 11 is 0. The zero-order chi connectivity index (χ0) is 13.7. The van der Waals surface area contributed by atoms with Gasteiger partial charge in [0.05, 0.1) is 11.8 Å². The molecule has 1 aliphatic rings. The van der Waals surface area contributed by atoms with E-state index in [0.29, 0.717) is 18.5 Å². The Morgan fingerprint density at radius 2 is 2.32 bits per heavy atom. The van der Waals surface area contributed by atoms with Crippen LogP contribution in [0.3, 0.4) is 0 Å². The number of halogens is 1. The highest BCUT2D eigenvalue weighted by Gasteiger charge is 2.15. The summed E-state index contributed by atoms with van der Waals surface area (Å²) in [5.41, 5.74) is 5.95. The van der Waals surface area contributed by atoms with E-state index < -0.39 is 5.82 Å². The molecule has 1 atom stereocenters. The van der Waals surface area contributed by atoms with Crippen LogP contribution in [0.4, 0.5) is 15.8 Å². The van der Waals surface area contributed by atoms with Gasteiger partial charge in [0.2, 0.25) is 5.91 Å². The van der Waals surface area contributed by atoms with Crippen LogP contribution in [0.5, 0.6) is 0 Å². The van der Waals surface area contributed by atoms with Crippen molar-refractivity contribution in [2.45, 2.75) is 38.2 Å². The molecule has 0 aromatic heterocycles. The first-order chi connectivity index (χ1) is 9.15. The zero-order valence-corrected chi connectivity index (χ0v) is 10.8. The van der Waals surface area contributed by atoms with Crippen LogP contribution in [0.25, 0.3) is 0 Å². The highest BCUT2D eigenvalue weighted by atomic mass is 19.1. The number of hydrogen-bond acceptors (Lipinski definition) is 3. The number of nitrogens with two attached hydrogens (primary N) is 1. The Hall–Kier alpha value is -1.62. The molecule has 1 aromatic carbocycles. The van der Waals surface area contributed by atoms with E-state index in [2.05, 4.69) is 5.32 Å². The van der Waals surface area contributed by atoms with Gasteiger partial charge in [-0.3, -0.25) is 4.79 Å². The van der Waals surface area contributed by atoms with Crippen molar-refractivity contribution >= 4 is 17.3 Å². The van der Waals surface area contributed by atoms with Crippen molar-refractivity contribution in [3.63, 3.8) is 0 Å². The third-order valence-electron chi connectivity index (χ3n) is 3.23. The first-order valence-electron chi connectivity index (χ1n) is 6.61. The molecule has 1 fully saturated rings. The van der Waals surface area contributed by atoms with Crippen LogP contribution in [-0.4, -0.2) is 18.6 Å². The maximum absolute atomic E-state index is 13.5. The van der Waals surface area contributed by atoms with E-state index in [4.69, 9.17) is 10.5 Å². The molecule has 5 heteroatoms. The largest absolute Gasteiger partial charge is 0.399 e. The van der Waals surface area contributed by atoms with Crippen molar-refractivity contribution in [3.05, 3.63) is 24.0 Å². The number of hydrogen-bond donors (Lipinski definition) is 2. The third kappa shape index (κ3) is 4.21. The number of ether oxygens (including phenoxy) is 1. The molecule has 3 N–H and O–H groups in total. The summed E-state index contributed by atoms with van der Waals surface area (Å²) in [5, 5.41) is 2.55. The standard InChI is InChI=1S/C14H19FN2O2/c15-12-9-10(16)4-6-13(12)17-14(18)7-5-11-3-1-2-8-19-11/h4,6,9,11H,1-3,5,7-8,16H2,(H,17,18). The van der Waals surface area contributed by atoms with Crippen molar-refractivity contribution in [3.8, 4) is 0 Å². The number of carbonyl (C=O) groups is 1. The predicted molar refractivity (Wildman–Crippen MR) is 72.3 cm³/mol. The Balaban J connectivity index is 1.80. The maximum Gasteiger partial charge on any atom is 0.224 e. The summed E-state index contributed by atoms with van der Waals surface area (Å²) in [6.45, 7) is 0.777. The minimum Gasteiger partial charge on any atom is -0.399 e. The fourth-order valence-corrected chi connectivity index (χ4v) is 2.17. The molecule has 104 valence electrons. The van der Waals surface area contributed by atoms with Crippen molar-refractivity contribution in [2.24, 2.45) is 0 Å². The predicted octanol–water partition coefficient (Wildman–Crippen LogP) is 2.70. The molecular weight excluding hydrogens is 247 g/mol. The van der Waals surface area contributed by atoms with Crippen LogP contribution in [0.15, 0.2) is 18.2 Å². The summed E-state index contributed by atoms with van der Waals surface area (Å²) in [4.78, 5) is 11.7. The van der Waals surface area contributed by atoms with Gasteiger partial charge in [-0.25, -0.2) is 4.39 Å². The van der Waals surface area contributed by atoms with E-state index >= 15 is 0 Å². The number of carbonyl (C=O) groups excluding carboxylic acids is 1. The van der Waals surface area contributed by atoms with E-state index in [-0.39, 0.29) is 17.7 Å². The van der Waals surface area contributed by atoms with Crippen LogP contribution in [0.2, 0.25) is 0 Å². The minimum atomic E-state index is -0.512. The van der Waals surface area contributed by atoms with Crippen molar-refractivity contribution < 1.29 is 13.9 Å². The Morgan fingerprint density at radius 3 is 3.00 bits per heavy atom. The lowest BCUT2D eigenvalue weighted by Gasteiger charge is -2.22. The van der Waals surface area contributed by atoms with Gasteiger partial charge in [0.25, 0.3) is 0 Å². The van der Waals surface area contributed by atoms with Gasteiger partial charge in [-0.05, 0) is 43.9 Å². The minimum absolute atomic E-state index is 0.163. The zero-order valence-electron chi connectivity index (χ0n) is 10.8. The van der Waals surface area contributed by atoms with E-state index in [1.165, 1.54) is 12.1 Å². The van der Waals surface area contributed by atoms with Crippen LogP contribution in [0.1, 0.15) is 32.1 Å². The number of nitrogen functional groups attached to an aromatic ring is 1. The second-order valence-electron chi connectivity index (χ2n) is 4.81. The monoisotopic (exact) mass is 266 g/mol. The maximum atomic E-state index is 13.5. The van der Waals surface area contributed by atoms with Gasteiger partial charge in [0.1, 0.15) is 5.82 Å². The molecule has 1 heterocycles. The molecule has 0 saturated carbocycles. The molecule has 1 aromatic rings. The molecule has 1 unspecified atom stereocenters. The number of amides is 1. The first kappa shape index (κ1) is 13.8. The molecule has 0 spiro atoms. The average Bonchev–Trinajstić information content (AvgIpc) is 2.41.